The first-order chi connectivity index (χ1) is 7.99. The van der Waals surface area contributed by atoms with E-state index >= 15 is 0 Å². The zero-order valence-electron chi connectivity index (χ0n) is 10.3. The molecule has 0 saturated carbocycles. The predicted octanol–water partition coefficient (Wildman–Crippen LogP) is 1.18. The number of methoxy groups -OCH3 is 2. The molecule has 0 bridgehead atoms. The molecule has 0 aromatic heterocycles. The standard InChI is InChI=1S/C12H15NO4/c1-13(2)11(14)8-5-9(12(15)17-4)7-10(6-8)16-3/h5-7H,1-4H3. The van der Waals surface area contributed by atoms with Crippen molar-refractivity contribution in [3.63, 3.8) is 0 Å². The Balaban J connectivity index is 3.23. The van der Waals surface area contributed by atoms with Gasteiger partial charge in [0, 0.05) is 19.7 Å². The summed E-state index contributed by atoms with van der Waals surface area (Å²) in [5, 5.41) is 0. The Morgan fingerprint density at radius 1 is 1.06 bits per heavy atom. The van der Waals surface area contributed by atoms with Gasteiger partial charge < -0.3 is 14.4 Å². The van der Waals surface area contributed by atoms with E-state index in [1.165, 1.54) is 31.3 Å². The maximum atomic E-state index is 11.8. The Labute approximate surface area is 99.9 Å². The van der Waals surface area contributed by atoms with E-state index in [2.05, 4.69) is 4.74 Å². The molecule has 1 aromatic carbocycles. The smallest absolute Gasteiger partial charge is 0.338 e. The highest BCUT2D eigenvalue weighted by Gasteiger charge is 2.14. The lowest BCUT2D eigenvalue weighted by atomic mass is 10.1. The molecule has 0 fully saturated rings. The van der Waals surface area contributed by atoms with E-state index in [0.717, 1.165) is 0 Å². The number of carbonyl (C=O) groups excluding carboxylic acids is 2. The van der Waals surface area contributed by atoms with Gasteiger partial charge in [-0.3, -0.25) is 4.79 Å². The lowest BCUT2D eigenvalue weighted by Gasteiger charge is -2.12. The summed E-state index contributed by atoms with van der Waals surface area (Å²) in [5.74, 6) is -0.260. The predicted molar refractivity (Wildman–Crippen MR) is 62.4 cm³/mol. The monoisotopic (exact) mass is 237 g/mol. The number of amides is 1. The van der Waals surface area contributed by atoms with E-state index in [-0.39, 0.29) is 11.5 Å². The van der Waals surface area contributed by atoms with Crippen molar-refractivity contribution < 1.29 is 19.1 Å². The van der Waals surface area contributed by atoms with E-state index < -0.39 is 5.97 Å². The van der Waals surface area contributed by atoms with Crippen molar-refractivity contribution in [3.05, 3.63) is 29.3 Å². The molecule has 0 N–H and O–H groups in total. The molecule has 0 saturated heterocycles. The van der Waals surface area contributed by atoms with Crippen molar-refractivity contribution in [2.45, 2.75) is 0 Å². The Hall–Kier alpha value is -2.04. The van der Waals surface area contributed by atoms with E-state index in [1.807, 2.05) is 0 Å². The van der Waals surface area contributed by atoms with Crippen molar-refractivity contribution in [2.75, 3.05) is 28.3 Å². The molecule has 92 valence electrons. The van der Waals surface area contributed by atoms with Gasteiger partial charge in [-0.2, -0.15) is 0 Å². The summed E-state index contributed by atoms with van der Waals surface area (Å²) in [6.45, 7) is 0. The van der Waals surface area contributed by atoms with Crippen LogP contribution in [0.25, 0.3) is 0 Å². The molecule has 0 aliphatic rings. The largest absolute Gasteiger partial charge is 0.497 e. The van der Waals surface area contributed by atoms with Crippen molar-refractivity contribution in [1.29, 1.82) is 0 Å². The van der Waals surface area contributed by atoms with Crippen LogP contribution in [-0.2, 0) is 4.74 Å². The van der Waals surface area contributed by atoms with Gasteiger partial charge in [0.1, 0.15) is 5.75 Å². The fourth-order valence-corrected chi connectivity index (χ4v) is 1.33. The van der Waals surface area contributed by atoms with Gasteiger partial charge in [0.25, 0.3) is 5.91 Å². The summed E-state index contributed by atoms with van der Waals surface area (Å²) in [7, 11) is 6.04. The van der Waals surface area contributed by atoms with Gasteiger partial charge in [-0.05, 0) is 18.2 Å². The summed E-state index contributed by atoms with van der Waals surface area (Å²) >= 11 is 0. The van der Waals surface area contributed by atoms with Crippen molar-refractivity contribution in [3.8, 4) is 5.75 Å². The summed E-state index contributed by atoms with van der Waals surface area (Å²) < 4.78 is 9.65. The zero-order chi connectivity index (χ0) is 13.0. The minimum absolute atomic E-state index is 0.200. The third-order valence-electron chi connectivity index (χ3n) is 2.22. The van der Waals surface area contributed by atoms with Crippen LogP contribution in [-0.4, -0.2) is 45.1 Å². The number of rotatable bonds is 3. The van der Waals surface area contributed by atoms with Crippen LogP contribution in [0.3, 0.4) is 0 Å². The zero-order valence-corrected chi connectivity index (χ0v) is 10.3. The summed E-state index contributed by atoms with van der Waals surface area (Å²) in [4.78, 5) is 24.6. The second kappa shape index (κ2) is 5.34. The lowest BCUT2D eigenvalue weighted by Crippen LogP contribution is -2.22. The molecule has 0 radical (unpaired) electrons. The first-order valence-electron chi connectivity index (χ1n) is 4.98. The minimum Gasteiger partial charge on any atom is -0.497 e. The molecule has 5 heteroatoms. The minimum atomic E-state index is -0.503. The molecule has 0 aliphatic carbocycles. The van der Waals surface area contributed by atoms with Gasteiger partial charge in [0.15, 0.2) is 0 Å². The van der Waals surface area contributed by atoms with Crippen molar-refractivity contribution in [2.24, 2.45) is 0 Å². The number of carbonyl (C=O) groups is 2. The van der Waals surface area contributed by atoms with Crippen LogP contribution >= 0.6 is 0 Å². The molecule has 17 heavy (non-hydrogen) atoms. The highest BCUT2D eigenvalue weighted by Crippen LogP contribution is 2.18. The third kappa shape index (κ3) is 2.96. The molecular formula is C12H15NO4. The third-order valence-corrected chi connectivity index (χ3v) is 2.22. The van der Waals surface area contributed by atoms with Gasteiger partial charge in [-0.25, -0.2) is 4.79 Å². The molecule has 1 rings (SSSR count). The number of ether oxygens (including phenoxy) is 2. The number of hydrogen-bond acceptors (Lipinski definition) is 4. The quantitative estimate of drug-likeness (QED) is 0.741. The molecule has 5 nitrogen and oxygen atoms in total. The average Bonchev–Trinajstić information content (AvgIpc) is 2.35. The van der Waals surface area contributed by atoms with Crippen molar-refractivity contribution >= 4 is 11.9 Å². The van der Waals surface area contributed by atoms with Gasteiger partial charge in [0.05, 0.1) is 19.8 Å². The normalized spacial score (nSPS) is 9.65. The molecule has 0 spiro atoms. The summed E-state index contributed by atoms with van der Waals surface area (Å²) in [5.41, 5.74) is 0.673. The number of hydrogen-bond donors (Lipinski definition) is 0. The highest BCUT2D eigenvalue weighted by molar-refractivity contribution is 5.98. The number of benzene rings is 1. The molecule has 1 aromatic rings. The second-order valence-corrected chi connectivity index (χ2v) is 3.64. The van der Waals surface area contributed by atoms with Gasteiger partial charge in [-0.1, -0.05) is 0 Å². The van der Waals surface area contributed by atoms with Crippen LogP contribution in [0.1, 0.15) is 20.7 Å². The van der Waals surface area contributed by atoms with Gasteiger partial charge in [-0.15, -0.1) is 0 Å². The van der Waals surface area contributed by atoms with E-state index in [1.54, 1.807) is 20.2 Å². The average molecular weight is 237 g/mol. The fraction of sp³-hybridized carbons (Fsp3) is 0.333. The molecular weight excluding hydrogens is 222 g/mol. The SMILES string of the molecule is COC(=O)c1cc(OC)cc(C(=O)N(C)C)c1. The molecule has 0 aliphatic heterocycles. The van der Waals surface area contributed by atoms with Crippen LogP contribution in [0.15, 0.2) is 18.2 Å². The molecule has 0 heterocycles. The fourth-order valence-electron chi connectivity index (χ4n) is 1.33. The molecule has 0 atom stereocenters. The van der Waals surface area contributed by atoms with Crippen molar-refractivity contribution in [1.82, 2.24) is 4.90 Å². The van der Waals surface area contributed by atoms with Crippen LogP contribution in [0.4, 0.5) is 0 Å². The summed E-state index contributed by atoms with van der Waals surface area (Å²) in [6.07, 6.45) is 0. The second-order valence-electron chi connectivity index (χ2n) is 3.64. The molecule has 1 amide bonds. The Morgan fingerprint density at radius 3 is 2.12 bits per heavy atom. The van der Waals surface area contributed by atoms with E-state index in [9.17, 15) is 9.59 Å². The highest BCUT2D eigenvalue weighted by atomic mass is 16.5. The number of esters is 1. The number of nitrogens with zero attached hydrogens (tertiary/aromatic N) is 1. The Kier molecular flexibility index (Phi) is 4.09. The van der Waals surface area contributed by atoms with E-state index in [4.69, 9.17) is 4.74 Å². The Morgan fingerprint density at radius 2 is 1.65 bits per heavy atom. The lowest BCUT2D eigenvalue weighted by molar-refractivity contribution is 0.0600. The van der Waals surface area contributed by atoms with Crippen LogP contribution < -0.4 is 4.74 Å². The van der Waals surface area contributed by atoms with E-state index in [0.29, 0.717) is 11.3 Å². The maximum absolute atomic E-state index is 11.8. The molecule has 0 unspecified atom stereocenters. The topological polar surface area (TPSA) is 55.8 Å². The first kappa shape index (κ1) is 13.0. The van der Waals surface area contributed by atoms with Gasteiger partial charge in [0.2, 0.25) is 0 Å². The Bertz CT molecular complexity index is 440. The van der Waals surface area contributed by atoms with Crippen LogP contribution in [0.2, 0.25) is 0 Å². The van der Waals surface area contributed by atoms with Crippen LogP contribution in [0, 0.1) is 0 Å². The van der Waals surface area contributed by atoms with Crippen LogP contribution in [0.5, 0.6) is 5.75 Å². The summed E-state index contributed by atoms with van der Waals surface area (Å²) in [6, 6.07) is 4.59. The van der Waals surface area contributed by atoms with Gasteiger partial charge >= 0.3 is 5.97 Å². The first-order valence-corrected chi connectivity index (χ1v) is 4.98. The maximum Gasteiger partial charge on any atom is 0.338 e.